The van der Waals surface area contributed by atoms with Crippen LogP contribution in [0.2, 0.25) is 0 Å². The number of hydrogen-bond donors (Lipinski definition) is 2. The maximum Gasteiger partial charge on any atom is 0.328 e. The molecule has 0 aliphatic heterocycles. The molecule has 6 nitrogen and oxygen atoms in total. The van der Waals surface area contributed by atoms with E-state index in [0.717, 1.165) is 11.6 Å². The second kappa shape index (κ2) is 6.04. The number of aryl methyl sites for hydroxylation is 2. The first-order chi connectivity index (χ1) is 9.95. The van der Waals surface area contributed by atoms with Crippen LogP contribution in [-0.4, -0.2) is 26.8 Å². The summed E-state index contributed by atoms with van der Waals surface area (Å²) in [5, 5.41) is 15.4. The summed E-state index contributed by atoms with van der Waals surface area (Å²) in [4.78, 5) is 22.8. The Morgan fingerprint density at radius 2 is 2.10 bits per heavy atom. The average Bonchev–Trinajstić information content (AvgIpc) is 2.83. The van der Waals surface area contributed by atoms with Crippen molar-refractivity contribution in [1.29, 1.82) is 0 Å². The Morgan fingerprint density at radius 3 is 2.71 bits per heavy atom. The number of carbonyl (C=O) groups is 2. The third-order valence-electron chi connectivity index (χ3n) is 2.88. The monoisotopic (exact) mass is 285 g/mol. The number of nitrogens with zero attached hydrogens (tertiary/aromatic N) is 2. The lowest BCUT2D eigenvalue weighted by Crippen LogP contribution is -2.14. The second-order valence-corrected chi connectivity index (χ2v) is 4.57. The first-order valence-corrected chi connectivity index (χ1v) is 6.28. The van der Waals surface area contributed by atoms with Gasteiger partial charge in [-0.2, -0.15) is 5.10 Å². The Bertz CT molecular complexity index is 717. The molecule has 0 unspecified atom stereocenters. The Kier molecular flexibility index (Phi) is 4.18. The van der Waals surface area contributed by atoms with Crippen LogP contribution in [0.1, 0.15) is 21.5 Å². The molecule has 0 fully saturated rings. The van der Waals surface area contributed by atoms with E-state index in [1.54, 1.807) is 42.2 Å². The minimum absolute atomic E-state index is 0.281. The highest BCUT2D eigenvalue weighted by Gasteiger charge is 2.11. The number of carbonyl (C=O) groups excluding carboxylic acids is 1. The van der Waals surface area contributed by atoms with Crippen LogP contribution >= 0.6 is 0 Å². The number of anilines is 1. The van der Waals surface area contributed by atoms with E-state index < -0.39 is 5.97 Å². The van der Waals surface area contributed by atoms with Crippen molar-refractivity contribution in [1.82, 2.24) is 9.78 Å². The minimum atomic E-state index is -1.03. The lowest BCUT2D eigenvalue weighted by Gasteiger charge is -2.07. The van der Waals surface area contributed by atoms with Gasteiger partial charge in [-0.15, -0.1) is 0 Å². The van der Waals surface area contributed by atoms with Gasteiger partial charge in [-0.25, -0.2) is 4.79 Å². The molecular formula is C15H15N3O3. The molecule has 0 spiro atoms. The van der Waals surface area contributed by atoms with E-state index in [1.165, 1.54) is 6.08 Å². The van der Waals surface area contributed by atoms with E-state index in [0.29, 0.717) is 16.9 Å². The predicted octanol–water partition coefficient (Wildman–Crippen LogP) is 2.08. The number of aromatic nitrogens is 2. The standard InChI is InChI=1S/C15H15N3O3/c1-10-3-4-11(5-6-14(19)20)9-12(10)15(21)16-13-7-8-18(2)17-13/h3-9H,1-2H3,(H,19,20)(H,16,17,21). The lowest BCUT2D eigenvalue weighted by atomic mass is 10.0. The molecule has 21 heavy (non-hydrogen) atoms. The molecule has 2 aromatic rings. The summed E-state index contributed by atoms with van der Waals surface area (Å²) in [6.07, 6.45) is 4.21. The fourth-order valence-electron chi connectivity index (χ4n) is 1.82. The van der Waals surface area contributed by atoms with Gasteiger partial charge in [0.15, 0.2) is 5.82 Å². The van der Waals surface area contributed by atoms with Gasteiger partial charge in [-0.3, -0.25) is 9.48 Å². The zero-order valence-corrected chi connectivity index (χ0v) is 11.7. The smallest absolute Gasteiger partial charge is 0.328 e. The second-order valence-electron chi connectivity index (χ2n) is 4.57. The summed E-state index contributed by atoms with van der Waals surface area (Å²) in [6.45, 7) is 1.82. The predicted molar refractivity (Wildman–Crippen MR) is 79.0 cm³/mol. The molecule has 1 aromatic heterocycles. The Labute approximate surface area is 121 Å². The fraction of sp³-hybridized carbons (Fsp3) is 0.133. The first kappa shape index (κ1) is 14.5. The van der Waals surface area contributed by atoms with Gasteiger partial charge < -0.3 is 10.4 Å². The van der Waals surface area contributed by atoms with Gasteiger partial charge in [0.1, 0.15) is 0 Å². The number of rotatable bonds is 4. The Morgan fingerprint density at radius 1 is 1.33 bits per heavy atom. The van der Waals surface area contributed by atoms with Crippen LogP contribution in [0.15, 0.2) is 36.5 Å². The van der Waals surface area contributed by atoms with Crippen molar-refractivity contribution in [2.75, 3.05) is 5.32 Å². The van der Waals surface area contributed by atoms with E-state index in [9.17, 15) is 9.59 Å². The van der Waals surface area contributed by atoms with Crippen LogP contribution in [0.3, 0.4) is 0 Å². The van der Waals surface area contributed by atoms with Gasteiger partial charge >= 0.3 is 5.97 Å². The number of carboxylic acid groups (broad SMARTS) is 1. The van der Waals surface area contributed by atoms with Crippen molar-refractivity contribution in [2.45, 2.75) is 6.92 Å². The highest BCUT2D eigenvalue weighted by molar-refractivity contribution is 6.05. The largest absolute Gasteiger partial charge is 0.478 e. The van der Waals surface area contributed by atoms with Crippen molar-refractivity contribution >= 4 is 23.8 Å². The maximum absolute atomic E-state index is 12.2. The van der Waals surface area contributed by atoms with Crippen LogP contribution < -0.4 is 5.32 Å². The van der Waals surface area contributed by atoms with Crippen LogP contribution in [0, 0.1) is 6.92 Å². The van der Waals surface area contributed by atoms with E-state index in [1.807, 2.05) is 6.92 Å². The van der Waals surface area contributed by atoms with E-state index >= 15 is 0 Å². The molecule has 0 saturated heterocycles. The van der Waals surface area contributed by atoms with E-state index in [2.05, 4.69) is 10.4 Å². The van der Waals surface area contributed by atoms with Crippen LogP contribution in [0.25, 0.3) is 6.08 Å². The lowest BCUT2D eigenvalue weighted by molar-refractivity contribution is -0.131. The molecule has 2 N–H and O–H groups in total. The molecule has 1 aromatic carbocycles. The first-order valence-electron chi connectivity index (χ1n) is 6.28. The van der Waals surface area contributed by atoms with Gasteiger partial charge in [0.2, 0.25) is 0 Å². The van der Waals surface area contributed by atoms with Gasteiger partial charge in [0, 0.05) is 31.0 Å². The van der Waals surface area contributed by atoms with Crippen LogP contribution in [0.5, 0.6) is 0 Å². The Balaban J connectivity index is 2.23. The normalized spacial score (nSPS) is 10.8. The fourth-order valence-corrected chi connectivity index (χ4v) is 1.82. The molecule has 0 atom stereocenters. The van der Waals surface area contributed by atoms with Crippen molar-refractivity contribution in [3.05, 3.63) is 53.2 Å². The van der Waals surface area contributed by atoms with Crippen molar-refractivity contribution in [2.24, 2.45) is 7.05 Å². The zero-order chi connectivity index (χ0) is 15.4. The molecule has 0 saturated carbocycles. The third kappa shape index (κ3) is 3.79. The summed E-state index contributed by atoms with van der Waals surface area (Å²) in [7, 11) is 1.76. The molecule has 108 valence electrons. The quantitative estimate of drug-likeness (QED) is 0.842. The van der Waals surface area contributed by atoms with Crippen molar-refractivity contribution in [3.8, 4) is 0 Å². The third-order valence-corrected chi connectivity index (χ3v) is 2.88. The molecule has 2 rings (SSSR count). The van der Waals surface area contributed by atoms with Gasteiger partial charge in [0.05, 0.1) is 0 Å². The number of hydrogen-bond acceptors (Lipinski definition) is 3. The summed E-state index contributed by atoms with van der Waals surface area (Å²) >= 11 is 0. The van der Waals surface area contributed by atoms with Gasteiger partial charge in [-0.1, -0.05) is 12.1 Å². The molecule has 0 radical (unpaired) electrons. The molecular weight excluding hydrogens is 270 g/mol. The van der Waals surface area contributed by atoms with Gasteiger partial charge in [0.25, 0.3) is 5.91 Å². The molecule has 0 aliphatic rings. The maximum atomic E-state index is 12.2. The van der Waals surface area contributed by atoms with E-state index in [4.69, 9.17) is 5.11 Å². The number of benzene rings is 1. The summed E-state index contributed by atoms with van der Waals surface area (Å²) in [5.41, 5.74) is 1.93. The number of aliphatic carboxylic acids is 1. The average molecular weight is 285 g/mol. The minimum Gasteiger partial charge on any atom is -0.478 e. The van der Waals surface area contributed by atoms with Crippen molar-refractivity contribution in [3.63, 3.8) is 0 Å². The topological polar surface area (TPSA) is 84.2 Å². The van der Waals surface area contributed by atoms with Crippen molar-refractivity contribution < 1.29 is 14.7 Å². The molecule has 0 aliphatic carbocycles. The number of amides is 1. The number of nitrogens with one attached hydrogen (secondary N) is 1. The molecule has 6 heteroatoms. The SMILES string of the molecule is Cc1ccc(C=CC(=O)O)cc1C(=O)Nc1ccn(C)n1. The van der Waals surface area contributed by atoms with Crippen LogP contribution in [-0.2, 0) is 11.8 Å². The number of carboxylic acids is 1. The summed E-state index contributed by atoms with van der Waals surface area (Å²) < 4.78 is 1.59. The Hall–Kier alpha value is -2.89. The van der Waals surface area contributed by atoms with Crippen LogP contribution in [0.4, 0.5) is 5.82 Å². The van der Waals surface area contributed by atoms with E-state index in [-0.39, 0.29) is 5.91 Å². The molecule has 1 heterocycles. The summed E-state index contributed by atoms with van der Waals surface area (Å²) in [6, 6.07) is 6.87. The molecule has 1 amide bonds. The molecule has 0 bridgehead atoms. The van der Waals surface area contributed by atoms with Gasteiger partial charge in [-0.05, 0) is 30.2 Å². The highest BCUT2D eigenvalue weighted by Crippen LogP contribution is 2.14. The highest BCUT2D eigenvalue weighted by atomic mass is 16.4. The summed E-state index contributed by atoms with van der Waals surface area (Å²) in [5.74, 6) is -0.847. The zero-order valence-electron chi connectivity index (χ0n) is 11.7.